The van der Waals surface area contributed by atoms with Gasteiger partial charge < -0.3 is 15.4 Å². The van der Waals surface area contributed by atoms with Crippen LogP contribution in [0.3, 0.4) is 0 Å². The van der Waals surface area contributed by atoms with Gasteiger partial charge in [-0.15, -0.1) is 0 Å². The monoisotopic (exact) mass is 389 g/mol. The van der Waals surface area contributed by atoms with E-state index in [1.165, 1.54) is 12.3 Å². The molecule has 0 spiro atoms. The third kappa shape index (κ3) is 5.65. The van der Waals surface area contributed by atoms with Crippen LogP contribution in [-0.4, -0.2) is 30.5 Å². The summed E-state index contributed by atoms with van der Waals surface area (Å²) in [6.45, 7) is 0.855. The van der Waals surface area contributed by atoms with Gasteiger partial charge >= 0.3 is 0 Å². The molecule has 3 rings (SSSR count). The minimum absolute atomic E-state index is 0.206. The Kier molecular flexibility index (Phi) is 6.95. The number of nitrogens with one attached hydrogen (secondary N) is 2. The molecule has 2 amide bonds. The Morgan fingerprint density at radius 3 is 2.48 bits per heavy atom. The lowest BCUT2D eigenvalue weighted by molar-refractivity contribution is 0.0949. The van der Waals surface area contributed by atoms with Crippen LogP contribution in [0, 0.1) is 0 Å². The number of amides is 2. The van der Waals surface area contributed by atoms with Crippen LogP contribution in [0.2, 0.25) is 0 Å². The minimum atomic E-state index is -0.322. The molecule has 3 aromatic rings. The van der Waals surface area contributed by atoms with Gasteiger partial charge in [0.1, 0.15) is 11.4 Å². The molecule has 0 radical (unpaired) electrons. The standard InChI is InChI=1S/C23H23N3O3/c1-29-21-10-6-5-9-18(21)11-14-25-23(28)20-15-19(12-13-24-20)22(27)26-16-17-7-3-2-4-8-17/h2-10,12-13,15H,11,14,16H2,1H3,(H,25,28)(H,26,27). The number of carbonyl (C=O) groups excluding carboxylic acids is 2. The average molecular weight is 389 g/mol. The predicted octanol–water partition coefficient (Wildman–Crippen LogP) is 2.99. The molecule has 0 aliphatic heterocycles. The van der Waals surface area contributed by atoms with Crippen LogP contribution in [-0.2, 0) is 13.0 Å². The quantitative estimate of drug-likeness (QED) is 0.621. The van der Waals surface area contributed by atoms with Crippen LogP contribution in [0.4, 0.5) is 0 Å². The van der Waals surface area contributed by atoms with Crippen molar-refractivity contribution < 1.29 is 14.3 Å². The van der Waals surface area contributed by atoms with E-state index in [1.807, 2.05) is 54.6 Å². The van der Waals surface area contributed by atoms with Crippen LogP contribution >= 0.6 is 0 Å². The van der Waals surface area contributed by atoms with Gasteiger partial charge in [-0.1, -0.05) is 48.5 Å². The summed E-state index contributed by atoms with van der Waals surface area (Å²) in [7, 11) is 1.62. The molecule has 0 bridgehead atoms. The number of pyridine rings is 1. The lowest BCUT2D eigenvalue weighted by Gasteiger charge is -2.09. The van der Waals surface area contributed by atoms with Gasteiger partial charge in [-0.05, 0) is 35.7 Å². The van der Waals surface area contributed by atoms with Crippen molar-refractivity contribution in [3.05, 3.63) is 95.3 Å². The van der Waals surface area contributed by atoms with Gasteiger partial charge in [-0.3, -0.25) is 14.6 Å². The second kappa shape index (κ2) is 10.0. The van der Waals surface area contributed by atoms with Crippen molar-refractivity contribution in [3.8, 4) is 5.75 Å². The smallest absolute Gasteiger partial charge is 0.269 e. The molecule has 0 atom stereocenters. The van der Waals surface area contributed by atoms with Crippen LogP contribution in [0.25, 0.3) is 0 Å². The van der Waals surface area contributed by atoms with E-state index in [4.69, 9.17) is 4.74 Å². The SMILES string of the molecule is COc1ccccc1CCNC(=O)c1cc(C(=O)NCc2ccccc2)ccn1. The minimum Gasteiger partial charge on any atom is -0.496 e. The van der Waals surface area contributed by atoms with Crippen molar-refractivity contribution in [2.45, 2.75) is 13.0 Å². The number of aromatic nitrogens is 1. The molecule has 0 saturated carbocycles. The number of carbonyl (C=O) groups is 2. The van der Waals surface area contributed by atoms with E-state index in [-0.39, 0.29) is 17.5 Å². The summed E-state index contributed by atoms with van der Waals surface area (Å²) in [5.41, 5.74) is 2.62. The number of ether oxygens (including phenoxy) is 1. The molecule has 2 N–H and O–H groups in total. The molecule has 0 aliphatic carbocycles. The third-order valence-corrected chi connectivity index (χ3v) is 4.42. The summed E-state index contributed by atoms with van der Waals surface area (Å²) >= 11 is 0. The maximum atomic E-state index is 12.4. The van der Waals surface area contributed by atoms with Gasteiger partial charge in [-0.2, -0.15) is 0 Å². The first-order valence-corrected chi connectivity index (χ1v) is 9.35. The molecule has 1 heterocycles. The van der Waals surface area contributed by atoms with Crippen molar-refractivity contribution in [1.82, 2.24) is 15.6 Å². The highest BCUT2D eigenvalue weighted by Crippen LogP contribution is 2.17. The lowest BCUT2D eigenvalue weighted by Crippen LogP contribution is -2.28. The second-order valence-electron chi connectivity index (χ2n) is 6.42. The molecule has 0 aliphatic rings. The van der Waals surface area contributed by atoms with Crippen LogP contribution in [0.15, 0.2) is 72.9 Å². The Balaban J connectivity index is 1.55. The molecule has 148 valence electrons. The highest BCUT2D eigenvalue weighted by atomic mass is 16.5. The van der Waals surface area contributed by atoms with E-state index >= 15 is 0 Å². The lowest BCUT2D eigenvalue weighted by atomic mass is 10.1. The zero-order valence-corrected chi connectivity index (χ0v) is 16.2. The van der Waals surface area contributed by atoms with E-state index in [0.29, 0.717) is 25.1 Å². The molecular weight excluding hydrogens is 366 g/mol. The Labute approximate surface area is 169 Å². The summed E-state index contributed by atoms with van der Waals surface area (Å²) in [4.78, 5) is 28.9. The number of para-hydroxylation sites is 1. The third-order valence-electron chi connectivity index (χ3n) is 4.42. The largest absolute Gasteiger partial charge is 0.496 e. The van der Waals surface area contributed by atoms with Gasteiger partial charge in [-0.25, -0.2) is 0 Å². The van der Waals surface area contributed by atoms with E-state index in [1.54, 1.807) is 13.2 Å². The van der Waals surface area contributed by atoms with Gasteiger partial charge in [0.25, 0.3) is 11.8 Å². The molecule has 0 unspecified atom stereocenters. The maximum absolute atomic E-state index is 12.4. The first-order valence-electron chi connectivity index (χ1n) is 9.35. The van der Waals surface area contributed by atoms with Gasteiger partial charge in [0.05, 0.1) is 7.11 Å². The number of hydrogen-bond acceptors (Lipinski definition) is 4. The van der Waals surface area contributed by atoms with Gasteiger partial charge in [0, 0.05) is 24.8 Å². The molecule has 6 nitrogen and oxygen atoms in total. The fraction of sp³-hybridized carbons (Fsp3) is 0.174. The van der Waals surface area contributed by atoms with Gasteiger partial charge in [0.2, 0.25) is 0 Å². The molecule has 0 saturated heterocycles. The van der Waals surface area contributed by atoms with Gasteiger partial charge in [0.15, 0.2) is 0 Å². The van der Waals surface area contributed by atoms with E-state index in [0.717, 1.165) is 16.9 Å². The Bertz CT molecular complexity index is 974. The topological polar surface area (TPSA) is 80.3 Å². The summed E-state index contributed by atoms with van der Waals surface area (Å²) < 4.78 is 5.31. The number of hydrogen-bond donors (Lipinski definition) is 2. The van der Waals surface area contributed by atoms with E-state index in [9.17, 15) is 9.59 Å². The normalized spacial score (nSPS) is 10.2. The highest BCUT2D eigenvalue weighted by molar-refractivity contribution is 5.98. The number of methoxy groups -OCH3 is 1. The molecule has 6 heteroatoms. The molecular formula is C23H23N3O3. The highest BCUT2D eigenvalue weighted by Gasteiger charge is 2.12. The average Bonchev–Trinajstić information content (AvgIpc) is 2.78. The van der Waals surface area contributed by atoms with Crippen molar-refractivity contribution >= 4 is 11.8 Å². The first kappa shape index (κ1) is 20.1. The van der Waals surface area contributed by atoms with Crippen molar-refractivity contribution in [2.75, 3.05) is 13.7 Å². The summed E-state index contributed by atoms with van der Waals surface area (Å²) in [6.07, 6.45) is 2.10. The second-order valence-corrected chi connectivity index (χ2v) is 6.42. The Hall–Kier alpha value is -3.67. The Morgan fingerprint density at radius 2 is 1.69 bits per heavy atom. The molecule has 2 aromatic carbocycles. The Morgan fingerprint density at radius 1 is 0.931 bits per heavy atom. The fourth-order valence-corrected chi connectivity index (χ4v) is 2.89. The molecule has 29 heavy (non-hydrogen) atoms. The maximum Gasteiger partial charge on any atom is 0.269 e. The fourth-order valence-electron chi connectivity index (χ4n) is 2.89. The first-order chi connectivity index (χ1) is 14.2. The number of nitrogens with zero attached hydrogens (tertiary/aromatic N) is 1. The zero-order valence-electron chi connectivity index (χ0n) is 16.2. The summed E-state index contributed by atoms with van der Waals surface area (Å²) in [5.74, 6) is 0.217. The van der Waals surface area contributed by atoms with Crippen LogP contribution in [0.1, 0.15) is 32.0 Å². The van der Waals surface area contributed by atoms with Crippen LogP contribution in [0.5, 0.6) is 5.75 Å². The summed E-state index contributed by atoms with van der Waals surface area (Å²) in [6, 6.07) is 20.4. The van der Waals surface area contributed by atoms with Crippen molar-refractivity contribution in [2.24, 2.45) is 0 Å². The number of benzene rings is 2. The van der Waals surface area contributed by atoms with Crippen molar-refractivity contribution in [3.63, 3.8) is 0 Å². The number of rotatable bonds is 8. The van der Waals surface area contributed by atoms with Crippen LogP contribution < -0.4 is 15.4 Å². The molecule has 0 fully saturated rings. The van der Waals surface area contributed by atoms with E-state index in [2.05, 4.69) is 15.6 Å². The zero-order chi connectivity index (χ0) is 20.5. The molecule has 1 aromatic heterocycles. The predicted molar refractivity (Wildman–Crippen MR) is 111 cm³/mol. The summed E-state index contributed by atoms with van der Waals surface area (Å²) in [5, 5.41) is 5.68. The van der Waals surface area contributed by atoms with Crippen molar-refractivity contribution in [1.29, 1.82) is 0 Å². The van der Waals surface area contributed by atoms with E-state index < -0.39 is 0 Å².